The molecule has 2 unspecified atom stereocenters. The minimum absolute atomic E-state index is 0.409. The van der Waals surface area contributed by atoms with Crippen LogP contribution in [0, 0.1) is 0 Å². The first-order valence-corrected chi connectivity index (χ1v) is 6.14. The molecular weight excluding hydrogens is 204 g/mol. The van der Waals surface area contributed by atoms with Crippen molar-refractivity contribution in [2.75, 3.05) is 33.4 Å². The summed E-state index contributed by atoms with van der Waals surface area (Å²) >= 11 is 0. The zero-order valence-corrected chi connectivity index (χ0v) is 11.0. The van der Waals surface area contributed by atoms with Crippen LogP contribution in [0.1, 0.15) is 27.2 Å². The summed E-state index contributed by atoms with van der Waals surface area (Å²) in [6, 6.07) is 0.872. The Bertz CT molecular complexity index is 201. The van der Waals surface area contributed by atoms with E-state index in [-0.39, 0.29) is 0 Å². The quantitative estimate of drug-likeness (QED) is 0.696. The molecule has 1 aliphatic heterocycles. The molecule has 96 valence electrons. The lowest BCUT2D eigenvalue weighted by atomic mass is 10.0. The molecule has 1 heterocycles. The molecule has 4 nitrogen and oxygen atoms in total. The van der Waals surface area contributed by atoms with E-state index < -0.39 is 5.60 Å². The molecule has 0 aromatic carbocycles. The van der Waals surface area contributed by atoms with E-state index in [1.807, 2.05) is 6.92 Å². The van der Waals surface area contributed by atoms with Gasteiger partial charge in [-0.2, -0.15) is 0 Å². The Morgan fingerprint density at radius 1 is 1.56 bits per heavy atom. The van der Waals surface area contributed by atoms with Crippen LogP contribution in [0.5, 0.6) is 0 Å². The van der Waals surface area contributed by atoms with E-state index in [2.05, 4.69) is 31.1 Å². The fraction of sp³-hybridized carbons (Fsp3) is 1.00. The number of nitrogens with one attached hydrogen (secondary N) is 1. The average molecular weight is 230 g/mol. The molecule has 0 saturated carbocycles. The van der Waals surface area contributed by atoms with Crippen molar-refractivity contribution in [1.82, 2.24) is 10.2 Å². The summed E-state index contributed by atoms with van der Waals surface area (Å²) in [4.78, 5) is 2.20. The topological polar surface area (TPSA) is 44.7 Å². The van der Waals surface area contributed by atoms with Gasteiger partial charge in [0.1, 0.15) is 0 Å². The van der Waals surface area contributed by atoms with Gasteiger partial charge in [-0.25, -0.2) is 0 Å². The van der Waals surface area contributed by atoms with Crippen LogP contribution in [0.25, 0.3) is 0 Å². The molecule has 0 radical (unpaired) electrons. The van der Waals surface area contributed by atoms with Crippen LogP contribution in [0.2, 0.25) is 0 Å². The highest BCUT2D eigenvalue weighted by Gasteiger charge is 2.27. The number of aliphatic hydroxyl groups is 1. The van der Waals surface area contributed by atoms with Crippen LogP contribution in [-0.2, 0) is 4.74 Å². The third kappa shape index (κ3) is 4.78. The van der Waals surface area contributed by atoms with Gasteiger partial charge in [0, 0.05) is 31.8 Å². The zero-order valence-electron chi connectivity index (χ0n) is 11.0. The number of nitrogens with zero attached hydrogens (tertiary/aromatic N) is 1. The van der Waals surface area contributed by atoms with Crippen molar-refractivity contribution < 1.29 is 9.84 Å². The third-order valence-corrected chi connectivity index (χ3v) is 3.01. The van der Waals surface area contributed by atoms with E-state index in [4.69, 9.17) is 4.74 Å². The molecule has 0 aromatic rings. The standard InChI is InChI=1S/C12H26N2O2/c1-10(2)13-8-12(3,15)9-14(4)11-5-6-16-7-11/h10-11,13,15H,5-9H2,1-4H3. The summed E-state index contributed by atoms with van der Waals surface area (Å²) in [7, 11) is 2.06. The van der Waals surface area contributed by atoms with E-state index in [0.717, 1.165) is 19.6 Å². The lowest BCUT2D eigenvalue weighted by molar-refractivity contribution is 0.0129. The SMILES string of the molecule is CC(C)NCC(C)(O)CN(C)C1CCOC1. The van der Waals surface area contributed by atoms with Gasteiger partial charge in [-0.3, -0.25) is 4.90 Å². The van der Waals surface area contributed by atoms with Gasteiger partial charge >= 0.3 is 0 Å². The molecule has 16 heavy (non-hydrogen) atoms. The summed E-state index contributed by atoms with van der Waals surface area (Å²) in [6.07, 6.45) is 1.07. The lowest BCUT2D eigenvalue weighted by Crippen LogP contribution is -2.50. The van der Waals surface area contributed by atoms with Crippen molar-refractivity contribution in [3.05, 3.63) is 0 Å². The molecular formula is C12H26N2O2. The van der Waals surface area contributed by atoms with Gasteiger partial charge < -0.3 is 15.2 Å². The van der Waals surface area contributed by atoms with E-state index in [1.54, 1.807) is 0 Å². The average Bonchev–Trinajstić information content (AvgIpc) is 2.67. The fourth-order valence-electron chi connectivity index (χ4n) is 2.02. The Labute approximate surface area is 99.0 Å². The minimum atomic E-state index is -0.679. The Kier molecular flexibility index (Phi) is 5.18. The molecule has 1 rings (SSSR count). The van der Waals surface area contributed by atoms with Crippen LogP contribution >= 0.6 is 0 Å². The molecule has 0 aliphatic carbocycles. The molecule has 0 aromatic heterocycles. The molecule has 0 amide bonds. The van der Waals surface area contributed by atoms with Crippen molar-refractivity contribution >= 4 is 0 Å². The zero-order chi connectivity index (χ0) is 12.2. The molecule has 1 saturated heterocycles. The van der Waals surface area contributed by atoms with Crippen LogP contribution in [0.15, 0.2) is 0 Å². The largest absolute Gasteiger partial charge is 0.388 e. The molecule has 4 heteroatoms. The van der Waals surface area contributed by atoms with E-state index in [1.165, 1.54) is 0 Å². The first kappa shape index (κ1) is 13.9. The Morgan fingerprint density at radius 3 is 2.75 bits per heavy atom. The van der Waals surface area contributed by atoms with Crippen LogP contribution in [0.4, 0.5) is 0 Å². The van der Waals surface area contributed by atoms with Gasteiger partial charge in [0.15, 0.2) is 0 Å². The minimum Gasteiger partial charge on any atom is -0.388 e. The smallest absolute Gasteiger partial charge is 0.0869 e. The number of likely N-dealkylation sites (N-methyl/N-ethyl adjacent to an activating group) is 1. The Balaban J connectivity index is 2.32. The first-order valence-electron chi connectivity index (χ1n) is 6.14. The van der Waals surface area contributed by atoms with Gasteiger partial charge in [0.2, 0.25) is 0 Å². The van der Waals surface area contributed by atoms with E-state index >= 15 is 0 Å². The Hall–Kier alpha value is -0.160. The predicted molar refractivity (Wildman–Crippen MR) is 65.6 cm³/mol. The predicted octanol–water partition coefficient (Wildman–Crippen LogP) is 0.456. The van der Waals surface area contributed by atoms with Crippen LogP contribution < -0.4 is 5.32 Å². The second-order valence-electron chi connectivity index (χ2n) is 5.47. The van der Waals surface area contributed by atoms with Gasteiger partial charge in [0.05, 0.1) is 12.2 Å². The van der Waals surface area contributed by atoms with Crippen LogP contribution in [0.3, 0.4) is 0 Å². The second-order valence-corrected chi connectivity index (χ2v) is 5.47. The van der Waals surface area contributed by atoms with Gasteiger partial charge in [-0.05, 0) is 20.4 Å². The number of rotatable bonds is 6. The summed E-state index contributed by atoms with van der Waals surface area (Å²) < 4.78 is 5.35. The maximum absolute atomic E-state index is 10.2. The summed E-state index contributed by atoms with van der Waals surface area (Å²) in [5.41, 5.74) is -0.679. The number of ether oxygens (including phenoxy) is 1. The molecule has 1 aliphatic rings. The van der Waals surface area contributed by atoms with Crippen LogP contribution in [-0.4, -0.2) is 61.0 Å². The normalized spacial score (nSPS) is 25.3. The highest BCUT2D eigenvalue weighted by atomic mass is 16.5. The summed E-state index contributed by atoms with van der Waals surface area (Å²) in [5, 5.41) is 13.5. The van der Waals surface area contributed by atoms with Crippen molar-refractivity contribution in [2.24, 2.45) is 0 Å². The molecule has 2 atom stereocenters. The third-order valence-electron chi connectivity index (χ3n) is 3.01. The second kappa shape index (κ2) is 5.96. The molecule has 1 fully saturated rings. The Morgan fingerprint density at radius 2 is 2.25 bits per heavy atom. The number of hydrogen-bond acceptors (Lipinski definition) is 4. The number of hydrogen-bond donors (Lipinski definition) is 2. The van der Waals surface area contributed by atoms with E-state index in [9.17, 15) is 5.11 Å². The van der Waals surface area contributed by atoms with Gasteiger partial charge in [-0.1, -0.05) is 13.8 Å². The fourth-order valence-corrected chi connectivity index (χ4v) is 2.02. The summed E-state index contributed by atoms with van der Waals surface area (Å²) in [5.74, 6) is 0. The summed E-state index contributed by atoms with van der Waals surface area (Å²) in [6.45, 7) is 9.01. The lowest BCUT2D eigenvalue weighted by Gasteiger charge is -2.32. The van der Waals surface area contributed by atoms with Crippen molar-refractivity contribution in [3.8, 4) is 0 Å². The van der Waals surface area contributed by atoms with E-state index in [0.29, 0.717) is 25.2 Å². The molecule has 0 spiro atoms. The molecule has 2 N–H and O–H groups in total. The monoisotopic (exact) mass is 230 g/mol. The highest BCUT2D eigenvalue weighted by Crippen LogP contribution is 2.14. The van der Waals surface area contributed by atoms with Crippen molar-refractivity contribution in [1.29, 1.82) is 0 Å². The maximum atomic E-state index is 10.2. The van der Waals surface area contributed by atoms with Gasteiger partial charge in [-0.15, -0.1) is 0 Å². The van der Waals surface area contributed by atoms with Crippen molar-refractivity contribution in [2.45, 2.75) is 44.9 Å². The van der Waals surface area contributed by atoms with Crippen molar-refractivity contribution in [3.63, 3.8) is 0 Å². The maximum Gasteiger partial charge on any atom is 0.0869 e. The molecule has 0 bridgehead atoms. The van der Waals surface area contributed by atoms with Gasteiger partial charge in [0.25, 0.3) is 0 Å². The highest BCUT2D eigenvalue weighted by molar-refractivity contribution is 4.83. The first-order chi connectivity index (χ1) is 7.41.